The SMILES string of the molecule is Cc1cc2[nH]c(=O)c3cnn(C4CCOCC4)c3c2cc1C(=O)N1CCN(C2CCOC2)CC1. The largest absolute Gasteiger partial charge is 0.381 e. The molecule has 3 aliphatic heterocycles. The second-order valence-corrected chi connectivity index (χ2v) is 9.71. The lowest BCUT2D eigenvalue weighted by Crippen LogP contribution is -2.52. The number of rotatable bonds is 3. The van der Waals surface area contributed by atoms with Crippen LogP contribution >= 0.6 is 0 Å². The van der Waals surface area contributed by atoms with Crippen molar-refractivity contribution >= 4 is 27.7 Å². The Bertz CT molecular complexity index is 1280. The Labute approximate surface area is 197 Å². The zero-order valence-corrected chi connectivity index (χ0v) is 19.6. The first-order chi connectivity index (χ1) is 16.6. The number of piperazine rings is 1. The van der Waals surface area contributed by atoms with Crippen molar-refractivity contribution in [1.29, 1.82) is 0 Å². The van der Waals surface area contributed by atoms with Gasteiger partial charge in [-0.2, -0.15) is 5.10 Å². The summed E-state index contributed by atoms with van der Waals surface area (Å²) in [6.45, 7) is 8.14. The minimum atomic E-state index is -0.147. The van der Waals surface area contributed by atoms with Gasteiger partial charge in [0.1, 0.15) is 0 Å². The fourth-order valence-corrected chi connectivity index (χ4v) is 5.70. The molecular formula is C25H31N5O4. The number of hydrogen-bond donors (Lipinski definition) is 1. The molecule has 3 aromatic rings. The van der Waals surface area contributed by atoms with Crippen molar-refractivity contribution < 1.29 is 14.3 Å². The number of benzene rings is 1. The van der Waals surface area contributed by atoms with Gasteiger partial charge in [0.2, 0.25) is 0 Å². The third kappa shape index (κ3) is 3.72. The number of aromatic nitrogens is 3. The lowest BCUT2D eigenvalue weighted by atomic mass is 10.0. The molecule has 1 unspecified atom stereocenters. The van der Waals surface area contributed by atoms with Gasteiger partial charge in [0.05, 0.1) is 35.3 Å². The lowest BCUT2D eigenvalue weighted by Gasteiger charge is -2.37. The molecule has 3 fully saturated rings. The molecule has 0 saturated carbocycles. The van der Waals surface area contributed by atoms with Crippen LogP contribution in [0.5, 0.6) is 0 Å². The van der Waals surface area contributed by atoms with Gasteiger partial charge in [0.15, 0.2) is 0 Å². The first kappa shape index (κ1) is 21.8. The van der Waals surface area contributed by atoms with Crippen molar-refractivity contribution in [3.8, 4) is 0 Å². The molecule has 180 valence electrons. The van der Waals surface area contributed by atoms with E-state index in [4.69, 9.17) is 9.47 Å². The molecule has 1 amide bonds. The number of fused-ring (bicyclic) bond motifs is 3. The molecule has 0 bridgehead atoms. The Morgan fingerprint density at radius 2 is 1.74 bits per heavy atom. The average molecular weight is 466 g/mol. The van der Waals surface area contributed by atoms with E-state index in [-0.39, 0.29) is 17.5 Å². The van der Waals surface area contributed by atoms with Crippen molar-refractivity contribution in [1.82, 2.24) is 24.6 Å². The number of hydrogen-bond acceptors (Lipinski definition) is 6. The number of ether oxygens (including phenoxy) is 2. The predicted molar refractivity (Wildman–Crippen MR) is 128 cm³/mol. The van der Waals surface area contributed by atoms with Crippen molar-refractivity contribution in [3.63, 3.8) is 0 Å². The molecule has 9 nitrogen and oxygen atoms in total. The van der Waals surface area contributed by atoms with Crippen LogP contribution < -0.4 is 5.56 Å². The summed E-state index contributed by atoms with van der Waals surface area (Å²) in [6.07, 6.45) is 4.45. The smallest absolute Gasteiger partial charge is 0.259 e. The van der Waals surface area contributed by atoms with Gasteiger partial charge < -0.3 is 19.4 Å². The number of carbonyl (C=O) groups excluding carboxylic acids is 1. The van der Waals surface area contributed by atoms with E-state index < -0.39 is 0 Å². The maximum atomic E-state index is 13.6. The molecule has 1 N–H and O–H groups in total. The second kappa shape index (κ2) is 8.79. The van der Waals surface area contributed by atoms with E-state index >= 15 is 0 Å². The van der Waals surface area contributed by atoms with E-state index in [9.17, 15) is 9.59 Å². The third-order valence-electron chi connectivity index (χ3n) is 7.70. The lowest BCUT2D eigenvalue weighted by molar-refractivity contribution is 0.0549. The summed E-state index contributed by atoms with van der Waals surface area (Å²) in [5.41, 5.74) is 2.97. The van der Waals surface area contributed by atoms with Gasteiger partial charge in [-0.3, -0.25) is 19.2 Å². The van der Waals surface area contributed by atoms with Crippen LogP contribution in [0, 0.1) is 6.92 Å². The molecule has 1 aromatic carbocycles. The predicted octanol–water partition coefficient (Wildman–Crippen LogP) is 2.08. The Kier molecular flexibility index (Phi) is 5.63. The molecule has 3 saturated heterocycles. The van der Waals surface area contributed by atoms with Gasteiger partial charge in [-0.1, -0.05) is 0 Å². The Hall–Kier alpha value is -2.75. The standard InChI is InChI=1S/C25H31N5O4/c1-16-12-22-20(23-21(24(31)27-22)14-26-30(23)17-2-9-33-10-3-17)13-19(16)25(32)29-7-5-28(6-8-29)18-4-11-34-15-18/h12-14,17-18H,2-11,15H2,1H3,(H,27,31). The number of pyridine rings is 1. The molecule has 34 heavy (non-hydrogen) atoms. The van der Waals surface area contributed by atoms with Crippen LogP contribution in [0.3, 0.4) is 0 Å². The molecule has 1 atom stereocenters. The molecule has 0 spiro atoms. The fraction of sp³-hybridized carbons (Fsp3) is 0.560. The number of aryl methyl sites for hydroxylation is 1. The monoisotopic (exact) mass is 465 g/mol. The van der Waals surface area contributed by atoms with Gasteiger partial charge in [-0.25, -0.2) is 0 Å². The van der Waals surface area contributed by atoms with Gasteiger partial charge in [0.25, 0.3) is 11.5 Å². The molecule has 0 radical (unpaired) electrons. The number of carbonyl (C=O) groups is 1. The number of aromatic amines is 1. The summed E-state index contributed by atoms with van der Waals surface area (Å²) in [4.78, 5) is 33.8. The molecule has 6 rings (SSSR count). The van der Waals surface area contributed by atoms with Crippen LogP contribution in [0.4, 0.5) is 0 Å². The fourth-order valence-electron chi connectivity index (χ4n) is 5.70. The highest BCUT2D eigenvalue weighted by atomic mass is 16.5. The quantitative estimate of drug-likeness (QED) is 0.637. The minimum Gasteiger partial charge on any atom is -0.381 e. The van der Waals surface area contributed by atoms with E-state index in [0.29, 0.717) is 43.3 Å². The van der Waals surface area contributed by atoms with Crippen LogP contribution in [-0.2, 0) is 9.47 Å². The molecular weight excluding hydrogens is 434 g/mol. The van der Waals surface area contributed by atoms with Crippen molar-refractivity contribution in [2.24, 2.45) is 0 Å². The van der Waals surface area contributed by atoms with E-state index in [0.717, 1.165) is 67.5 Å². The van der Waals surface area contributed by atoms with E-state index in [2.05, 4.69) is 15.0 Å². The first-order valence-electron chi connectivity index (χ1n) is 12.3. The van der Waals surface area contributed by atoms with Crippen LogP contribution in [0.25, 0.3) is 21.8 Å². The Morgan fingerprint density at radius 3 is 2.47 bits per heavy atom. The van der Waals surface area contributed by atoms with Crippen LogP contribution in [-0.4, -0.2) is 89.1 Å². The van der Waals surface area contributed by atoms with Gasteiger partial charge in [0, 0.05) is 63.0 Å². The molecule has 9 heteroatoms. The highest BCUT2D eigenvalue weighted by Gasteiger charge is 2.30. The van der Waals surface area contributed by atoms with Crippen LogP contribution in [0.1, 0.15) is 41.2 Å². The second-order valence-electron chi connectivity index (χ2n) is 9.71. The summed E-state index contributed by atoms with van der Waals surface area (Å²) in [7, 11) is 0. The summed E-state index contributed by atoms with van der Waals surface area (Å²) in [5.74, 6) is 0.0539. The number of nitrogens with one attached hydrogen (secondary N) is 1. The summed E-state index contributed by atoms with van der Waals surface area (Å²) in [6, 6.07) is 4.55. The number of nitrogens with zero attached hydrogens (tertiary/aromatic N) is 4. The van der Waals surface area contributed by atoms with Crippen molar-refractivity contribution in [3.05, 3.63) is 39.8 Å². The highest BCUT2D eigenvalue weighted by Crippen LogP contribution is 2.30. The highest BCUT2D eigenvalue weighted by molar-refractivity contribution is 6.07. The molecule has 2 aromatic heterocycles. The summed E-state index contributed by atoms with van der Waals surface area (Å²) >= 11 is 0. The zero-order chi connectivity index (χ0) is 23.2. The van der Waals surface area contributed by atoms with Gasteiger partial charge in [-0.05, 0) is 43.9 Å². The third-order valence-corrected chi connectivity index (χ3v) is 7.70. The van der Waals surface area contributed by atoms with Gasteiger partial charge in [-0.15, -0.1) is 0 Å². The summed E-state index contributed by atoms with van der Waals surface area (Å²) < 4.78 is 13.0. The molecule has 5 heterocycles. The van der Waals surface area contributed by atoms with E-state index in [1.165, 1.54) is 0 Å². The van der Waals surface area contributed by atoms with E-state index in [1.54, 1.807) is 6.20 Å². The van der Waals surface area contributed by atoms with Crippen LogP contribution in [0.2, 0.25) is 0 Å². The zero-order valence-electron chi connectivity index (χ0n) is 19.6. The normalized spacial score (nSPS) is 22.7. The Balaban J connectivity index is 1.35. The number of amides is 1. The molecule has 0 aliphatic carbocycles. The van der Waals surface area contributed by atoms with Crippen molar-refractivity contribution in [2.75, 3.05) is 52.6 Å². The minimum absolute atomic E-state index is 0.0539. The van der Waals surface area contributed by atoms with E-state index in [1.807, 2.05) is 28.6 Å². The maximum Gasteiger partial charge on any atom is 0.259 e. The average Bonchev–Trinajstić information content (AvgIpc) is 3.55. The topological polar surface area (TPSA) is 92.7 Å². The van der Waals surface area contributed by atoms with Crippen molar-refractivity contribution in [2.45, 2.75) is 38.3 Å². The van der Waals surface area contributed by atoms with Gasteiger partial charge >= 0.3 is 0 Å². The number of H-pyrrole nitrogens is 1. The Morgan fingerprint density at radius 1 is 1.00 bits per heavy atom. The summed E-state index contributed by atoms with van der Waals surface area (Å²) in [5, 5.41) is 6.03. The maximum absolute atomic E-state index is 13.6. The molecule has 3 aliphatic rings. The van der Waals surface area contributed by atoms with Crippen LogP contribution in [0.15, 0.2) is 23.1 Å². The first-order valence-corrected chi connectivity index (χ1v) is 12.3.